The molecule has 26 nitrogen and oxygen atoms in total. The molecule has 98 heavy (non-hydrogen) atoms. The molecule has 6 bridgehead atoms. The third kappa shape index (κ3) is 11.4. The Morgan fingerprint density at radius 1 is 0.571 bits per heavy atom. The number of carbonyl (C=O) groups excluding carboxylic acids is 8. The molecule has 12 atom stereocenters. The summed E-state index contributed by atoms with van der Waals surface area (Å²) in [5, 5.41) is 61.5. The van der Waals surface area contributed by atoms with Crippen LogP contribution in [0.2, 0.25) is 0 Å². The Morgan fingerprint density at radius 2 is 0.939 bits per heavy atom. The van der Waals surface area contributed by atoms with Crippen LogP contribution < -0.4 is 49.0 Å². The van der Waals surface area contributed by atoms with Gasteiger partial charge in [-0.3, -0.25) is 19.2 Å². The van der Waals surface area contributed by atoms with Gasteiger partial charge in [-0.25, -0.2) is 19.2 Å². The summed E-state index contributed by atoms with van der Waals surface area (Å²) in [5.74, 6) is 1.65. The van der Waals surface area contributed by atoms with Crippen LogP contribution in [0.3, 0.4) is 0 Å². The smallest absolute Gasteiger partial charge is 0.662 e. The van der Waals surface area contributed by atoms with E-state index >= 15 is 0 Å². The number of aliphatic hydroxyl groups excluding tert-OH is 3. The van der Waals surface area contributed by atoms with Crippen molar-refractivity contribution in [3.8, 4) is 17.2 Å². The number of aliphatic hydroxyl groups is 5. The van der Waals surface area contributed by atoms with Crippen molar-refractivity contribution < 1.29 is 141 Å². The number of likely N-dealkylation sites (tertiary alicyclic amines) is 3. The summed E-state index contributed by atoms with van der Waals surface area (Å²) < 4.78 is 44.6. The molecule has 6 heterocycles. The van der Waals surface area contributed by atoms with E-state index in [2.05, 4.69) is 47.9 Å². The summed E-state index contributed by atoms with van der Waals surface area (Å²) in [6.07, 6.45) is 6.46. The van der Waals surface area contributed by atoms with Crippen LogP contribution in [-0.2, 0) is 103 Å². The molecule has 28 heteroatoms. The molecule has 3 saturated heterocycles. The van der Waals surface area contributed by atoms with Gasteiger partial charge in [0.25, 0.3) is 6.47 Å². The van der Waals surface area contributed by atoms with Gasteiger partial charge in [0.05, 0.1) is 59.4 Å². The van der Waals surface area contributed by atoms with Gasteiger partial charge < -0.3 is 88.3 Å². The molecule has 6 aliphatic heterocycles. The Morgan fingerprint density at radius 3 is 1.37 bits per heavy atom. The zero-order valence-corrected chi connectivity index (χ0v) is 56.8. The number of hydrogen-bond donors (Lipinski definition) is 5. The first-order chi connectivity index (χ1) is 46.1. The number of rotatable bonds is 13. The van der Waals surface area contributed by atoms with Crippen molar-refractivity contribution in [1.82, 2.24) is 14.7 Å². The van der Waals surface area contributed by atoms with Crippen molar-refractivity contribution in [3.05, 3.63) is 137 Å². The zero-order valence-electron chi connectivity index (χ0n) is 54.0. The number of carbonyl (C=O) groups is 8. The minimum absolute atomic E-state index is 0. The monoisotopic (exact) mass is 1390 g/mol. The summed E-state index contributed by atoms with van der Waals surface area (Å²) in [7, 11) is 2.06. The number of likely N-dealkylation sites (N-methyl/N-ethyl adjacent to an activating group) is 1. The molecule has 15 rings (SSSR count). The fourth-order valence-corrected chi connectivity index (χ4v) is 18.3. The molecule has 522 valence electrons. The van der Waals surface area contributed by atoms with Crippen LogP contribution in [0.1, 0.15) is 115 Å². The van der Waals surface area contributed by atoms with E-state index in [1.165, 1.54) is 24.3 Å². The predicted molar refractivity (Wildman–Crippen MR) is 340 cm³/mol. The Hall–Kier alpha value is -7.21. The minimum atomic E-state index is -1.27. The molecule has 0 unspecified atom stereocenters. The summed E-state index contributed by atoms with van der Waals surface area (Å²) in [5.41, 5.74) is 0.843. The first-order valence-electron chi connectivity index (χ1n) is 31.8. The number of Topliss-reactive ketones (excluding diaryl/α,β-unsaturated/α-hetero) is 3. The zero-order chi connectivity index (χ0) is 68.9. The molecule has 6 fully saturated rings. The fourth-order valence-electron chi connectivity index (χ4n) is 18.2. The van der Waals surface area contributed by atoms with Crippen molar-refractivity contribution in [1.29, 1.82) is 0 Å². The van der Waals surface area contributed by atoms with E-state index in [0.717, 1.165) is 58.3 Å². The average Bonchev–Trinajstić information content (AvgIpc) is 1.43. The van der Waals surface area contributed by atoms with Gasteiger partial charge in [0, 0.05) is 83.4 Å². The van der Waals surface area contributed by atoms with E-state index in [0.29, 0.717) is 80.0 Å². The number of amides is 2. The maximum atomic E-state index is 13.2. The largest absolute Gasteiger partial charge is 1.00 e. The summed E-state index contributed by atoms with van der Waals surface area (Å²) in [6, 6.07) is 10.3. The topological polar surface area (TPSA) is 354 Å². The molecule has 3 saturated carbocycles. The predicted octanol–water partition coefficient (Wildman–Crippen LogP) is 1.95. The van der Waals surface area contributed by atoms with Crippen LogP contribution in [0.25, 0.3) is 0 Å². The molecule has 5 N–H and O–H groups in total. The standard InChI is InChI=1S/C25H27NO8.C21H23NO6.C18H21NO4.C4H5ClO2.CH2O3.CH4.Na/c1-3-11-31-22(29)26-10-9-24-19-15-5-6-16(14-27)20(19)33-21(24)17(28)7-8-25(24,18(26)13-15)34-23(30)32-12-4-2;1-2-9-27-19(25)22-8-7-20-16-12-3-4-13(11-23)17(16)28-18(20)14(24)5-6-21(20,26)15(22)10-12;1-19-7-6-17-14-10-2-3-11(9-20)15(14)23-16(17)12(21)4-5-18(17,22)13(19)8-10;1-2-3-7-4(5)6;2-1-4-3;;/h3-6,18,21,27H,1-2,7-14H2;2-4,15,18,23,26H,1,5-11H2;2-3,13,16,20,22H,4-9H2,1H3;2H,1,3H2;1,3H;1H4;/q;;;;;;+1/p-1/t18-,21+,24+,25-;15-,18+,20+,21-;13-,16+,17+,18-;;;;/m111..../s1. The number of ether oxygens (including phenoxy) is 8. The van der Waals surface area contributed by atoms with E-state index in [-0.39, 0.29) is 139 Å². The molecular formula is C70H81ClN3NaO23. The Kier molecular flexibility index (Phi) is 22.6. The number of halogens is 1. The average molecular weight is 1390 g/mol. The normalized spacial score (nSPS) is 30.6. The van der Waals surface area contributed by atoms with Gasteiger partial charge in [-0.05, 0) is 88.1 Å². The van der Waals surface area contributed by atoms with Gasteiger partial charge in [0.2, 0.25) is 0 Å². The quantitative estimate of drug-likeness (QED) is 0.0239. The third-order valence-corrected chi connectivity index (χ3v) is 22.0. The van der Waals surface area contributed by atoms with Crippen LogP contribution in [0.5, 0.6) is 17.2 Å². The maximum Gasteiger partial charge on any atom is 1.00 e. The van der Waals surface area contributed by atoms with Crippen molar-refractivity contribution >= 4 is 59.2 Å². The van der Waals surface area contributed by atoms with Crippen molar-refractivity contribution in [3.63, 3.8) is 0 Å². The van der Waals surface area contributed by atoms with Crippen LogP contribution in [0.4, 0.5) is 19.2 Å². The number of benzene rings is 3. The van der Waals surface area contributed by atoms with Gasteiger partial charge in [-0.1, -0.05) is 94.4 Å². The summed E-state index contributed by atoms with van der Waals surface area (Å²) in [4.78, 5) is 104. The van der Waals surface area contributed by atoms with Gasteiger partial charge in [-0.2, -0.15) is 0 Å². The van der Waals surface area contributed by atoms with Gasteiger partial charge in [0.1, 0.15) is 43.7 Å². The molecule has 2 amide bonds. The van der Waals surface area contributed by atoms with Crippen molar-refractivity contribution in [2.75, 3.05) is 53.1 Å². The SMILES string of the molecule is C.C=CCOC(=O)Cl.C=CCOC(=O)N1CC[C@]23c4c5ccc(CO)c4O[C@H]2C(=O)CC[C@@]3(O)[C@H]1C5.C=CCOC(=O)O[C@@]12CCC(=O)[C@@H]3Oc4c(CO)ccc5c4[C@@]31CCN(C(=O)OCC=C)[C@@H]2C5.CN1CC[C@]23c4c5ccc(CO)c4O[C@H]2C(=O)CC[C@@]3(O)[C@H]1C5.O=CO[O-].[Na+]. The molecule has 12 aliphatic rings. The number of hydrogen-bond acceptors (Lipinski definition) is 24. The molecule has 0 radical (unpaired) electrons. The van der Waals surface area contributed by atoms with Crippen LogP contribution in [0.15, 0.2) is 87.0 Å². The Labute approximate surface area is 593 Å². The second-order valence-electron chi connectivity index (χ2n) is 25.8. The Bertz CT molecular complexity index is 3700. The fraction of sp³-hybridized carbons (Fsp3) is 0.514. The van der Waals surface area contributed by atoms with E-state index < -0.39 is 87.2 Å². The number of ketones is 3. The van der Waals surface area contributed by atoms with Gasteiger partial charge in [0.15, 0.2) is 41.3 Å². The molecule has 3 aromatic carbocycles. The second kappa shape index (κ2) is 29.5. The minimum Gasteiger partial charge on any atom is -0.662 e. The van der Waals surface area contributed by atoms with Crippen molar-refractivity contribution in [2.24, 2.45) is 0 Å². The molecule has 0 aromatic heterocycles. The number of piperidine rings is 3. The number of nitrogens with zero attached hydrogens (tertiary/aromatic N) is 3. The van der Waals surface area contributed by atoms with E-state index in [9.17, 15) is 59.1 Å². The first-order valence-corrected chi connectivity index (χ1v) is 32.2. The van der Waals surface area contributed by atoms with Crippen molar-refractivity contribution in [2.45, 2.75) is 174 Å². The summed E-state index contributed by atoms with van der Waals surface area (Å²) >= 11 is 4.75. The van der Waals surface area contributed by atoms with Gasteiger partial charge >= 0.3 is 53.3 Å². The van der Waals surface area contributed by atoms with Crippen LogP contribution in [0, 0.1) is 0 Å². The van der Waals surface area contributed by atoms with E-state index in [1.54, 1.807) is 21.9 Å². The Balaban J connectivity index is 0.000000160. The maximum absolute atomic E-state index is 13.2. The van der Waals surface area contributed by atoms with Crippen LogP contribution in [-0.4, -0.2) is 194 Å². The van der Waals surface area contributed by atoms with E-state index in [4.69, 9.17) is 54.8 Å². The van der Waals surface area contributed by atoms with Gasteiger partial charge in [-0.15, -0.1) is 0 Å². The van der Waals surface area contributed by atoms with Crippen LogP contribution >= 0.6 is 11.6 Å². The molecule has 3 aromatic rings. The third-order valence-electron chi connectivity index (χ3n) is 21.9. The van der Waals surface area contributed by atoms with E-state index in [1.807, 2.05) is 24.3 Å². The first kappa shape index (κ1) is 75.0. The molecular weight excluding hydrogens is 1310 g/mol. The second-order valence-corrected chi connectivity index (χ2v) is 26.1. The molecule has 3 spiro atoms. The summed E-state index contributed by atoms with van der Waals surface area (Å²) in [6.45, 7) is 15.1. The molecule has 6 aliphatic carbocycles.